The third kappa shape index (κ3) is 6.36. The van der Waals surface area contributed by atoms with Crippen molar-refractivity contribution in [1.82, 2.24) is 5.48 Å². The first kappa shape index (κ1) is 21.9. The zero-order valence-electron chi connectivity index (χ0n) is 16.4. The Morgan fingerprint density at radius 1 is 1.13 bits per heavy atom. The largest absolute Gasteiger partial charge is 0.491 e. The van der Waals surface area contributed by atoms with Gasteiger partial charge in [-0.25, -0.2) is 10.3 Å². The molecule has 3 rings (SSSR count). The van der Waals surface area contributed by atoms with E-state index in [1.54, 1.807) is 42.5 Å². The molecule has 164 valence electrons. The summed E-state index contributed by atoms with van der Waals surface area (Å²) in [5.41, 5.74) is 2.62. The fraction of sp³-hybridized carbons (Fsp3) is 0.238. The molecule has 1 aliphatic rings. The second kappa shape index (κ2) is 10.9. The molecule has 2 aromatic carbocycles. The van der Waals surface area contributed by atoms with Crippen LogP contribution in [-0.2, 0) is 9.53 Å². The van der Waals surface area contributed by atoms with Gasteiger partial charge in [-0.2, -0.15) is 0 Å². The van der Waals surface area contributed by atoms with Gasteiger partial charge in [-0.1, -0.05) is 18.2 Å². The summed E-state index contributed by atoms with van der Waals surface area (Å²) in [6, 6.07) is 11.7. The van der Waals surface area contributed by atoms with E-state index in [9.17, 15) is 9.59 Å². The average Bonchev–Trinajstić information content (AvgIpc) is 3.25. The van der Waals surface area contributed by atoms with Crippen molar-refractivity contribution >= 4 is 17.7 Å². The predicted octanol–water partition coefficient (Wildman–Crippen LogP) is 2.53. The van der Waals surface area contributed by atoms with Crippen molar-refractivity contribution in [2.75, 3.05) is 25.3 Å². The minimum atomic E-state index is -0.719. The highest BCUT2D eigenvalue weighted by Gasteiger charge is 2.18. The Hall–Kier alpha value is -3.76. The topological polar surface area (TPSA) is 136 Å². The number of rotatable bonds is 9. The SMILES string of the molecule is O=C(/C=C/C[C@H](OC(=O)Nc1ccc2c(c1)OCO2)c1ccc(OCCO)cc1)NO. The first-order valence-electron chi connectivity index (χ1n) is 9.40. The van der Waals surface area contributed by atoms with Crippen LogP contribution in [0.25, 0.3) is 0 Å². The Morgan fingerprint density at radius 2 is 1.90 bits per heavy atom. The highest BCUT2D eigenvalue weighted by Crippen LogP contribution is 2.34. The average molecular weight is 430 g/mol. The van der Waals surface area contributed by atoms with E-state index in [1.807, 2.05) is 0 Å². The third-order valence-corrected chi connectivity index (χ3v) is 4.21. The molecule has 0 radical (unpaired) electrons. The molecule has 0 aliphatic carbocycles. The number of hydroxylamine groups is 1. The fourth-order valence-electron chi connectivity index (χ4n) is 2.78. The van der Waals surface area contributed by atoms with Gasteiger partial charge in [-0.05, 0) is 29.8 Å². The number of ether oxygens (including phenoxy) is 4. The minimum absolute atomic E-state index is 0.106. The normalized spacial score (nSPS) is 13.0. The fourth-order valence-corrected chi connectivity index (χ4v) is 2.78. The molecule has 4 N–H and O–H groups in total. The summed E-state index contributed by atoms with van der Waals surface area (Å²) >= 11 is 0. The Balaban J connectivity index is 1.68. The number of anilines is 1. The van der Waals surface area contributed by atoms with Gasteiger partial charge in [0, 0.05) is 24.3 Å². The van der Waals surface area contributed by atoms with E-state index >= 15 is 0 Å². The Labute approximate surface area is 177 Å². The Kier molecular flexibility index (Phi) is 7.68. The van der Waals surface area contributed by atoms with E-state index in [0.717, 1.165) is 6.08 Å². The van der Waals surface area contributed by atoms with E-state index < -0.39 is 18.1 Å². The monoisotopic (exact) mass is 430 g/mol. The molecule has 0 bridgehead atoms. The maximum Gasteiger partial charge on any atom is 0.412 e. The summed E-state index contributed by atoms with van der Waals surface area (Å²) in [7, 11) is 0. The van der Waals surface area contributed by atoms with Crippen molar-refractivity contribution in [3.8, 4) is 17.2 Å². The number of amides is 2. The van der Waals surface area contributed by atoms with Gasteiger partial charge in [0.05, 0.1) is 6.61 Å². The highest BCUT2D eigenvalue weighted by molar-refractivity contribution is 5.86. The summed E-state index contributed by atoms with van der Waals surface area (Å²) in [6.07, 6.45) is 1.36. The summed E-state index contributed by atoms with van der Waals surface area (Å²) in [4.78, 5) is 23.7. The number of nitrogens with one attached hydrogen (secondary N) is 2. The zero-order valence-corrected chi connectivity index (χ0v) is 16.4. The second-order valence-electron chi connectivity index (χ2n) is 6.34. The second-order valence-corrected chi connectivity index (χ2v) is 6.34. The highest BCUT2D eigenvalue weighted by atomic mass is 16.7. The van der Waals surface area contributed by atoms with Gasteiger partial charge in [0.2, 0.25) is 6.79 Å². The molecule has 0 aromatic heterocycles. The molecule has 1 aliphatic heterocycles. The van der Waals surface area contributed by atoms with Crippen LogP contribution in [0.15, 0.2) is 54.6 Å². The molecular formula is C21H22N2O8. The lowest BCUT2D eigenvalue weighted by molar-refractivity contribution is -0.124. The van der Waals surface area contributed by atoms with E-state index in [0.29, 0.717) is 28.5 Å². The molecule has 0 saturated heterocycles. The predicted molar refractivity (Wildman–Crippen MR) is 108 cm³/mol. The van der Waals surface area contributed by atoms with Crippen molar-refractivity contribution in [1.29, 1.82) is 0 Å². The first-order chi connectivity index (χ1) is 15.1. The number of aliphatic hydroxyl groups excluding tert-OH is 1. The van der Waals surface area contributed by atoms with Crippen LogP contribution >= 0.6 is 0 Å². The van der Waals surface area contributed by atoms with Gasteiger partial charge in [-0.15, -0.1) is 0 Å². The van der Waals surface area contributed by atoms with Gasteiger partial charge in [0.25, 0.3) is 5.91 Å². The maximum atomic E-state index is 12.5. The molecule has 2 amide bonds. The number of fused-ring (bicyclic) bond motifs is 1. The van der Waals surface area contributed by atoms with Gasteiger partial charge in [0.1, 0.15) is 18.5 Å². The maximum absolute atomic E-state index is 12.5. The number of benzene rings is 2. The van der Waals surface area contributed by atoms with E-state index in [4.69, 9.17) is 29.3 Å². The first-order valence-corrected chi connectivity index (χ1v) is 9.40. The third-order valence-electron chi connectivity index (χ3n) is 4.21. The van der Waals surface area contributed by atoms with Crippen LogP contribution in [0, 0.1) is 0 Å². The lowest BCUT2D eigenvalue weighted by Crippen LogP contribution is -2.18. The molecule has 1 heterocycles. The van der Waals surface area contributed by atoms with Crippen LogP contribution < -0.4 is 25.0 Å². The van der Waals surface area contributed by atoms with Crippen molar-refractivity contribution in [3.05, 3.63) is 60.2 Å². The molecule has 0 saturated carbocycles. The minimum Gasteiger partial charge on any atom is -0.491 e. The van der Waals surface area contributed by atoms with Gasteiger partial charge in [-0.3, -0.25) is 15.3 Å². The Bertz CT molecular complexity index is 929. The molecule has 10 heteroatoms. The Morgan fingerprint density at radius 3 is 2.65 bits per heavy atom. The molecule has 31 heavy (non-hydrogen) atoms. The number of hydrogen-bond donors (Lipinski definition) is 4. The number of carbonyl (C=O) groups excluding carboxylic acids is 2. The molecule has 10 nitrogen and oxygen atoms in total. The molecule has 0 fully saturated rings. The molecule has 0 spiro atoms. The van der Waals surface area contributed by atoms with Gasteiger partial charge >= 0.3 is 6.09 Å². The van der Waals surface area contributed by atoms with Crippen LogP contribution in [0.3, 0.4) is 0 Å². The summed E-state index contributed by atoms with van der Waals surface area (Å²) in [5, 5.41) is 20.1. The van der Waals surface area contributed by atoms with Crippen molar-refractivity contribution in [2.45, 2.75) is 12.5 Å². The number of hydrogen-bond acceptors (Lipinski definition) is 8. The summed E-state index contributed by atoms with van der Waals surface area (Å²) < 4.78 is 21.4. The standard InChI is InChI=1S/C21H22N2O8/c24-10-11-28-16-7-4-14(5-8-16)17(2-1-3-20(25)23-27)31-21(26)22-15-6-9-18-19(12-15)30-13-29-18/h1,3-9,12,17,24,27H,2,10-11,13H2,(H,22,26)(H,23,25)/b3-1+/t17-/m0/s1. The van der Waals surface area contributed by atoms with Crippen LogP contribution in [-0.4, -0.2) is 42.3 Å². The van der Waals surface area contributed by atoms with E-state index in [2.05, 4.69) is 5.32 Å². The van der Waals surface area contributed by atoms with Crippen LogP contribution in [0.5, 0.6) is 17.2 Å². The lowest BCUT2D eigenvalue weighted by atomic mass is 10.1. The molecule has 1 atom stereocenters. The number of aliphatic hydroxyl groups is 1. The smallest absolute Gasteiger partial charge is 0.412 e. The molecule has 2 aromatic rings. The van der Waals surface area contributed by atoms with Crippen LogP contribution in [0.1, 0.15) is 18.1 Å². The van der Waals surface area contributed by atoms with E-state index in [-0.39, 0.29) is 26.4 Å². The zero-order chi connectivity index (χ0) is 22.1. The lowest BCUT2D eigenvalue weighted by Gasteiger charge is -2.18. The van der Waals surface area contributed by atoms with Crippen molar-refractivity contribution in [3.63, 3.8) is 0 Å². The number of carbonyl (C=O) groups is 2. The molecular weight excluding hydrogens is 408 g/mol. The van der Waals surface area contributed by atoms with Crippen LogP contribution in [0.4, 0.5) is 10.5 Å². The van der Waals surface area contributed by atoms with Crippen molar-refractivity contribution in [2.24, 2.45) is 0 Å². The van der Waals surface area contributed by atoms with Crippen LogP contribution in [0.2, 0.25) is 0 Å². The summed E-state index contributed by atoms with van der Waals surface area (Å²) in [5.74, 6) is 0.964. The van der Waals surface area contributed by atoms with Gasteiger partial charge < -0.3 is 24.1 Å². The van der Waals surface area contributed by atoms with E-state index in [1.165, 1.54) is 11.6 Å². The molecule has 0 unspecified atom stereocenters. The van der Waals surface area contributed by atoms with Gasteiger partial charge in [0.15, 0.2) is 11.5 Å². The summed E-state index contributed by atoms with van der Waals surface area (Å²) in [6.45, 7) is 0.179. The quantitative estimate of drug-likeness (QED) is 0.271. The van der Waals surface area contributed by atoms with Crippen molar-refractivity contribution < 1.29 is 38.9 Å².